The number of benzene rings is 1. The first-order valence-electron chi connectivity index (χ1n) is 6.00. The minimum atomic E-state index is -0.888. The molecule has 1 unspecified atom stereocenters. The summed E-state index contributed by atoms with van der Waals surface area (Å²) in [6.07, 6.45) is 0.876. The van der Waals surface area contributed by atoms with Gasteiger partial charge in [0, 0.05) is 0 Å². The van der Waals surface area contributed by atoms with E-state index in [4.69, 9.17) is 5.11 Å². The predicted octanol–water partition coefficient (Wildman–Crippen LogP) is 4.46. The Morgan fingerprint density at radius 2 is 1.53 bits per heavy atom. The van der Waals surface area contributed by atoms with Crippen LogP contribution in [0.1, 0.15) is 45.6 Å². The third kappa shape index (κ3) is 3.42. The molecule has 96 valence electrons. The van der Waals surface area contributed by atoms with E-state index in [2.05, 4.69) is 13.8 Å². The summed E-state index contributed by atoms with van der Waals surface area (Å²) in [5.74, 6) is -1.77. The summed E-state index contributed by atoms with van der Waals surface area (Å²) >= 11 is 0. The van der Waals surface area contributed by atoms with Crippen molar-refractivity contribution in [1.82, 2.24) is 0 Å². The molecule has 0 fully saturated rings. The Kier molecular flexibility index (Phi) is 4.49. The number of aromatic hydroxyl groups is 1. The number of halogens is 2. The first-order valence-corrected chi connectivity index (χ1v) is 6.00. The van der Waals surface area contributed by atoms with E-state index in [0.29, 0.717) is 17.4 Å². The maximum absolute atomic E-state index is 13.3. The van der Waals surface area contributed by atoms with Gasteiger partial charge in [0.05, 0.1) is 0 Å². The van der Waals surface area contributed by atoms with Gasteiger partial charge in [-0.05, 0) is 41.9 Å². The molecule has 0 heterocycles. The Morgan fingerprint density at radius 3 is 1.88 bits per heavy atom. The molecule has 1 aromatic rings. The van der Waals surface area contributed by atoms with Crippen molar-refractivity contribution in [2.45, 2.75) is 40.0 Å². The van der Waals surface area contributed by atoms with Crippen LogP contribution in [-0.2, 0) is 0 Å². The minimum Gasteiger partial charge on any atom is -0.503 e. The van der Waals surface area contributed by atoms with Crippen LogP contribution < -0.4 is 0 Å². The number of phenols is 1. The number of phenolic OH excluding ortho intramolecular Hbond substituents is 1. The van der Waals surface area contributed by atoms with Gasteiger partial charge < -0.3 is 5.11 Å². The van der Waals surface area contributed by atoms with Crippen LogP contribution in [0, 0.1) is 23.5 Å². The van der Waals surface area contributed by atoms with Crippen molar-refractivity contribution >= 4 is 0 Å². The lowest BCUT2D eigenvalue weighted by molar-refractivity contribution is 0.382. The summed E-state index contributed by atoms with van der Waals surface area (Å²) in [5, 5.41) is 9.08. The van der Waals surface area contributed by atoms with Crippen LogP contribution in [0.5, 0.6) is 5.75 Å². The van der Waals surface area contributed by atoms with E-state index < -0.39 is 17.4 Å². The van der Waals surface area contributed by atoms with Gasteiger partial charge in [-0.3, -0.25) is 0 Å². The molecule has 0 aliphatic rings. The molecule has 3 heteroatoms. The Hall–Kier alpha value is -1.12. The quantitative estimate of drug-likeness (QED) is 0.826. The molecule has 0 bridgehead atoms. The molecular weight excluding hydrogens is 222 g/mol. The zero-order valence-corrected chi connectivity index (χ0v) is 10.8. The van der Waals surface area contributed by atoms with Crippen molar-refractivity contribution in [2.75, 3.05) is 0 Å². The van der Waals surface area contributed by atoms with Gasteiger partial charge in [-0.1, -0.05) is 27.7 Å². The monoisotopic (exact) mass is 242 g/mol. The zero-order valence-electron chi connectivity index (χ0n) is 10.8. The van der Waals surface area contributed by atoms with Gasteiger partial charge in [0.1, 0.15) is 0 Å². The molecule has 1 atom stereocenters. The first kappa shape index (κ1) is 13.9. The molecule has 0 aromatic heterocycles. The van der Waals surface area contributed by atoms with Gasteiger partial charge in [-0.15, -0.1) is 0 Å². The molecule has 17 heavy (non-hydrogen) atoms. The second kappa shape index (κ2) is 5.48. The standard InChI is InChI=1S/C14H20F2O/c1-8(2)5-11(9(3)4)10-6-12(15)14(17)13(16)7-10/h6-9,11,17H,5H2,1-4H3. The highest BCUT2D eigenvalue weighted by molar-refractivity contribution is 5.32. The van der Waals surface area contributed by atoms with Gasteiger partial charge in [-0.2, -0.15) is 0 Å². The summed E-state index contributed by atoms with van der Waals surface area (Å²) < 4.78 is 26.6. The van der Waals surface area contributed by atoms with Crippen molar-refractivity contribution in [2.24, 2.45) is 11.8 Å². The minimum absolute atomic E-state index is 0.111. The average molecular weight is 242 g/mol. The molecule has 1 N–H and O–H groups in total. The van der Waals surface area contributed by atoms with Gasteiger partial charge >= 0.3 is 0 Å². The van der Waals surface area contributed by atoms with Crippen molar-refractivity contribution < 1.29 is 13.9 Å². The lowest BCUT2D eigenvalue weighted by Crippen LogP contribution is -2.10. The van der Waals surface area contributed by atoms with E-state index >= 15 is 0 Å². The average Bonchev–Trinajstić information content (AvgIpc) is 2.21. The van der Waals surface area contributed by atoms with E-state index in [1.165, 1.54) is 12.1 Å². The molecule has 0 saturated carbocycles. The number of hydrogen-bond donors (Lipinski definition) is 1. The molecule has 0 radical (unpaired) electrons. The van der Waals surface area contributed by atoms with E-state index in [1.807, 2.05) is 13.8 Å². The highest BCUT2D eigenvalue weighted by Gasteiger charge is 2.20. The zero-order chi connectivity index (χ0) is 13.2. The van der Waals surface area contributed by atoms with Gasteiger partial charge in [0.2, 0.25) is 0 Å². The Balaban J connectivity index is 3.10. The van der Waals surface area contributed by atoms with Crippen LogP contribution in [0.15, 0.2) is 12.1 Å². The Morgan fingerprint density at radius 1 is 1.06 bits per heavy atom. The fourth-order valence-electron chi connectivity index (χ4n) is 2.10. The molecule has 1 rings (SSSR count). The van der Waals surface area contributed by atoms with E-state index in [0.717, 1.165) is 6.42 Å². The summed E-state index contributed by atoms with van der Waals surface area (Å²) in [6.45, 7) is 8.25. The highest BCUT2D eigenvalue weighted by Crippen LogP contribution is 2.34. The van der Waals surface area contributed by atoms with Crippen LogP contribution >= 0.6 is 0 Å². The molecule has 0 aliphatic carbocycles. The third-order valence-electron chi connectivity index (χ3n) is 3.00. The van der Waals surface area contributed by atoms with Crippen LogP contribution in [-0.4, -0.2) is 5.11 Å². The fraction of sp³-hybridized carbons (Fsp3) is 0.571. The summed E-state index contributed by atoms with van der Waals surface area (Å²) in [4.78, 5) is 0. The van der Waals surface area contributed by atoms with E-state index in [-0.39, 0.29) is 5.92 Å². The van der Waals surface area contributed by atoms with Crippen molar-refractivity contribution in [3.63, 3.8) is 0 Å². The lowest BCUT2D eigenvalue weighted by atomic mass is 9.82. The molecular formula is C14H20F2O. The highest BCUT2D eigenvalue weighted by atomic mass is 19.1. The maximum atomic E-state index is 13.3. The Labute approximate surface area is 101 Å². The van der Waals surface area contributed by atoms with Crippen LogP contribution in [0.3, 0.4) is 0 Å². The smallest absolute Gasteiger partial charge is 0.187 e. The second-order valence-electron chi connectivity index (χ2n) is 5.31. The lowest BCUT2D eigenvalue weighted by Gasteiger charge is -2.23. The molecule has 0 saturated heterocycles. The fourth-order valence-corrected chi connectivity index (χ4v) is 2.10. The van der Waals surface area contributed by atoms with Crippen LogP contribution in [0.4, 0.5) is 8.78 Å². The Bertz CT molecular complexity index is 363. The van der Waals surface area contributed by atoms with E-state index in [1.54, 1.807) is 0 Å². The van der Waals surface area contributed by atoms with Gasteiger partial charge in [0.25, 0.3) is 0 Å². The first-order chi connectivity index (χ1) is 7.82. The normalized spacial score (nSPS) is 13.4. The summed E-state index contributed by atoms with van der Waals surface area (Å²) in [5.41, 5.74) is 0.626. The molecule has 0 aliphatic heterocycles. The SMILES string of the molecule is CC(C)CC(c1cc(F)c(O)c(F)c1)C(C)C. The third-order valence-corrected chi connectivity index (χ3v) is 3.00. The van der Waals surface area contributed by atoms with Crippen LogP contribution in [0.25, 0.3) is 0 Å². The topological polar surface area (TPSA) is 20.2 Å². The van der Waals surface area contributed by atoms with E-state index in [9.17, 15) is 8.78 Å². The maximum Gasteiger partial charge on any atom is 0.187 e. The van der Waals surface area contributed by atoms with Crippen molar-refractivity contribution in [3.05, 3.63) is 29.3 Å². The summed E-state index contributed by atoms with van der Waals surface area (Å²) in [6, 6.07) is 2.48. The molecule has 1 aromatic carbocycles. The van der Waals surface area contributed by atoms with Crippen LogP contribution in [0.2, 0.25) is 0 Å². The molecule has 0 spiro atoms. The summed E-state index contributed by atoms with van der Waals surface area (Å²) in [7, 11) is 0. The van der Waals surface area contributed by atoms with Gasteiger partial charge in [0.15, 0.2) is 17.4 Å². The van der Waals surface area contributed by atoms with Crippen molar-refractivity contribution in [3.8, 4) is 5.75 Å². The number of rotatable bonds is 4. The van der Waals surface area contributed by atoms with Crippen molar-refractivity contribution in [1.29, 1.82) is 0 Å². The number of hydrogen-bond acceptors (Lipinski definition) is 1. The molecule has 1 nitrogen and oxygen atoms in total. The second-order valence-corrected chi connectivity index (χ2v) is 5.31. The largest absolute Gasteiger partial charge is 0.503 e. The molecule has 0 amide bonds. The van der Waals surface area contributed by atoms with Gasteiger partial charge in [-0.25, -0.2) is 8.78 Å². The predicted molar refractivity (Wildman–Crippen MR) is 65.1 cm³/mol.